The number of likely N-dealkylation sites (N-methyl/N-ethyl adjacent to an activating group) is 1. The van der Waals surface area contributed by atoms with Gasteiger partial charge in [-0.2, -0.15) is 8.42 Å². The Hall–Kier alpha value is -2.08. The molecule has 0 fully saturated rings. The summed E-state index contributed by atoms with van der Waals surface area (Å²) in [5.74, 6) is 0. The van der Waals surface area contributed by atoms with Crippen LogP contribution in [0.1, 0.15) is 26.8 Å². The van der Waals surface area contributed by atoms with Gasteiger partial charge in [-0.3, -0.25) is 13.9 Å². The van der Waals surface area contributed by atoms with Crippen LogP contribution in [0.3, 0.4) is 0 Å². The minimum absolute atomic E-state index is 0. The van der Waals surface area contributed by atoms with Crippen molar-refractivity contribution in [2.75, 3.05) is 31.5 Å². The topological polar surface area (TPSA) is 127 Å². The molecular weight excluding hydrogens is 440 g/mol. The van der Waals surface area contributed by atoms with Crippen LogP contribution in [0.5, 0.6) is 0 Å². The van der Waals surface area contributed by atoms with E-state index in [0.29, 0.717) is 5.39 Å². The first kappa shape index (κ1) is 27.0. The molecule has 2 aromatic carbocycles. The van der Waals surface area contributed by atoms with Crippen LogP contribution in [0.2, 0.25) is 0 Å². The van der Waals surface area contributed by atoms with Gasteiger partial charge in [0.15, 0.2) is 5.43 Å². The molecule has 0 aliphatic carbocycles. The van der Waals surface area contributed by atoms with Gasteiger partial charge in [-0.1, -0.05) is 39.5 Å². The zero-order valence-corrected chi connectivity index (χ0v) is 18.5. The van der Waals surface area contributed by atoms with Crippen molar-refractivity contribution >= 4 is 47.6 Å². The minimum atomic E-state index is -4.67. The number of rotatable bonds is 7. The van der Waals surface area contributed by atoms with Crippen LogP contribution in [0, 0.1) is 0 Å². The van der Waals surface area contributed by atoms with Gasteiger partial charge in [-0.15, -0.1) is 11.3 Å². The Morgan fingerprint density at radius 3 is 2.26 bits per heavy atom. The quantitative estimate of drug-likeness (QED) is 0.304. The van der Waals surface area contributed by atoms with Crippen molar-refractivity contribution in [2.24, 2.45) is 0 Å². The molecule has 0 bridgehead atoms. The van der Waals surface area contributed by atoms with E-state index in [4.69, 9.17) is 17.5 Å². The average Bonchev–Trinajstić information content (AvgIpc) is 2.70. The van der Waals surface area contributed by atoms with Crippen molar-refractivity contribution in [1.29, 1.82) is 0 Å². The molecule has 3 rings (SSSR count). The molecule has 1 heterocycles. The van der Waals surface area contributed by atoms with E-state index in [2.05, 4.69) is 24.1 Å². The molecule has 1 aromatic heterocycles. The predicted molar refractivity (Wildman–Crippen MR) is 129 cm³/mol. The molecule has 3 aromatic rings. The van der Waals surface area contributed by atoms with Crippen molar-refractivity contribution in [3.05, 3.63) is 52.2 Å². The fourth-order valence-electron chi connectivity index (χ4n) is 3.12. The first-order valence-electron chi connectivity index (χ1n) is 9.44. The van der Waals surface area contributed by atoms with E-state index < -0.39 is 10.4 Å². The maximum atomic E-state index is 13.1. The minimum Gasteiger partial charge on any atom is -0.392 e. The highest BCUT2D eigenvalue weighted by Gasteiger charge is 2.13. The Morgan fingerprint density at radius 2 is 1.68 bits per heavy atom. The van der Waals surface area contributed by atoms with Crippen LogP contribution in [-0.4, -0.2) is 53.7 Å². The van der Waals surface area contributed by atoms with Gasteiger partial charge >= 0.3 is 10.4 Å². The fourth-order valence-corrected chi connectivity index (χ4v) is 4.32. The van der Waals surface area contributed by atoms with E-state index in [0.717, 1.165) is 52.2 Å². The Labute approximate surface area is 186 Å². The third-order valence-electron chi connectivity index (χ3n) is 4.62. The number of nitrogens with one attached hydrogen (secondary N) is 1. The molecule has 4 N–H and O–H groups in total. The number of anilines is 1. The number of nitrogens with zero attached hydrogens (tertiary/aromatic N) is 1. The number of aliphatic hydroxyl groups excluding tert-OH is 1. The Kier molecular flexibility index (Phi) is 10.5. The summed E-state index contributed by atoms with van der Waals surface area (Å²) in [6, 6.07) is 11.5. The van der Waals surface area contributed by atoms with Gasteiger partial charge < -0.3 is 15.3 Å². The molecule has 10 heteroatoms. The van der Waals surface area contributed by atoms with E-state index in [-0.39, 0.29) is 19.5 Å². The molecule has 0 spiro atoms. The molecule has 0 aliphatic heterocycles. The SMILES string of the molecule is C.CCN(CC)CCNc1ccc(CO)c2sc3ccccc3c(=O)c12.O=S(=O)(O)O. The van der Waals surface area contributed by atoms with Gasteiger partial charge in [0.1, 0.15) is 0 Å². The van der Waals surface area contributed by atoms with E-state index in [1.165, 1.54) is 0 Å². The molecule has 0 saturated heterocycles. The molecule has 172 valence electrons. The lowest BCUT2D eigenvalue weighted by Crippen LogP contribution is -2.28. The molecule has 0 unspecified atom stereocenters. The highest BCUT2D eigenvalue weighted by molar-refractivity contribution is 7.79. The summed E-state index contributed by atoms with van der Waals surface area (Å²) in [5, 5.41) is 14.5. The van der Waals surface area contributed by atoms with Gasteiger partial charge in [-0.05, 0) is 36.9 Å². The van der Waals surface area contributed by atoms with Gasteiger partial charge in [-0.25, -0.2) is 0 Å². The number of fused-ring (bicyclic) bond motifs is 2. The number of aliphatic hydroxyl groups is 1. The van der Waals surface area contributed by atoms with Crippen molar-refractivity contribution in [2.45, 2.75) is 27.9 Å². The summed E-state index contributed by atoms with van der Waals surface area (Å²) < 4.78 is 33.4. The zero-order valence-electron chi connectivity index (χ0n) is 16.8. The van der Waals surface area contributed by atoms with Gasteiger partial charge in [0.25, 0.3) is 0 Å². The number of hydrogen-bond donors (Lipinski definition) is 4. The monoisotopic (exact) mass is 470 g/mol. The van der Waals surface area contributed by atoms with Crippen LogP contribution in [0.15, 0.2) is 41.2 Å². The standard InChI is InChI=1S/C20H24N2O2S.CH4.H2O4S/c1-3-22(4-2)12-11-21-16-10-9-14(13-23)20-18(16)19(24)15-7-5-6-8-17(15)25-20;;1-5(2,3)4/h5-10,21,23H,3-4,11-13H2,1-2H3;1H4;(H2,1,2,3,4). The van der Waals surface area contributed by atoms with Gasteiger partial charge in [0.05, 0.1) is 12.0 Å². The summed E-state index contributed by atoms with van der Waals surface area (Å²) in [5.41, 5.74) is 1.69. The highest BCUT2D eigenvalue weighted by atomic mass is 32.3. The van der Waals surface area contributed by atoms with Crippen LogP contribution >= 0.6 is 11.3 Å². The molecule has 0 saturated carbocycles. The smallest absolute Gasteiger partial charge is 0.392 e. The van der Waals surface area contributed by atoms with E-state index in [1.807, 2.05) is 36.4 Å². The number of benzene rings is 2. The lowest BCUT2D eigenvalue weighted by Gasteiger charge is -2.19. The molecule has 31 heavy (non-hydrogen) atoms. The largest absolute Gasteiger partial charge is 0.394 e. The summed E-state index contributed by atoms with van der Waals surface area (Å²) >= 11 is 1.57. The van der Waals surface area contributed by atoms with Crippen molar-refractivity contribution in [3.8, 4) is 0 Å². The second-order valence-electron chi connectivity index (χ2n) is 6.46. The van der Waals surface area contributed by atoms with Gasteiger partial charge in [0, 0.05) is 33.6 Å². The first-order chi connectivity index (χ1) is 14.2. The second kappa shape index (κ2) is 12.1. The van der Waals surface area contributed by atoms with Gasteiger partial charge in [0.2, 0.25) is 0 Å². The first-order valence-corrected chi connectivity index (χ1v) is 11.6. The molecule has 0 radical (unpaired) electrons. The highest BCUT2D eigenvalue weighted by Crippen LogP contribution is 2.31. The van der Waals surface area contributed by atoms with Crippen molar-refractivity contribution in [1.82, 2.24) is 4.90 Å². The molecule has 0 aliphatic rings. The van der Waals surface area contributed by atoms with Crippen LogP contribution in [-0.2, 0) is 17.0 Å². The van der Waals surface area contributed by atoms with Crippen LogP contribution in [0.25, 0.3) is 20.2 Å². The normalized spacial score (nSPS) is 11.2. The maximum Gasteiger partial charge on any atom is 0.394 e. The Balaban J connectivity index is 0.000000721. The maximum absolute atomic E-state index is 13.1. The van der Waals surface area contributed by atoms with Crippen molar-refractivity contribution < 1.29 is 22.6 Å². The van der Waals surface area contributed by atoms with Crippen molar-refractivity contribution in [3.63, 3.8) is 0 Å². The Morgan fingerprint density at radius 1 is 1.06 bits per heavy atom. The van der Waals surface area contributed by atoms with E-state index in [9.17, 15) is 9.90 Å². The fraction of sp³-hybridized carbons (Fsp3) is 0.381. The van der Waals surface area contributed by atoms with Crippen LogP contribution < -0.4 is 10.7 Å². The Bertz CT molecular complexity index is 1150. The lowest BCUT2D eigenvalue weighted by molar-refractivity contribution is 0.283. The average molecular weight is 471 g/mol. The molecule has 0 atom stereocenters. The molecule has 0 amide bonds. The van der Waals surface area contributed by atoms with Crippen LogP contribution in [0.4, 0.5) is 5.69 Å². The van der Waals surface area contributed by atoms with E-state index >= 15 is 0 Å². The summed E-state index contributed by atoms with van der Waals surface area (Å²) in [7, 11) is -4.67. The lowest BCUT2D eigenvalue weighted by atomic mass is 10.1. The molecular formula is C21H30N2O6S2. The predicted octanol–water partition coefficient (Wildman–Crippen LogP) is 3.64. The summed E-state index contributed by atoms with van der Waals surface area (Å²) in [6.07, 6.45) is 0. The zero-order chi connectivity index (χ0) is 22.3. The second-order valence-corrected chi connectivity index (χ2v) is 8.41. The number of hydrogen-bond acceptors (Lipinski definition) is 7. The summed E-state index contributed by atoms with van der Waals surface area (Å²) in [6.45, 7) is 7.99. The third kappa shape index (κ3) is 7.53. The third-order valence-corrected chi connectivity index (χ3v) is 5.86. The molecule has 8 nitrogen and oxygen atoms in total. The van der Waals surface area contributed by atoms with E-state index in [1.54, 1.807) is 11.3 Å². The summed E-state index contributed by atoms with van der Waals surface area (Å²) in [4.78, 5) is 15.4.